The van der Waals surface area contributed by atoms with Crippen LogP contribution < -0.4 is 10.1 Å². The first-order valence-corrected chi connectivity index (χ1v) is 6.00. The van der Waals surface area contributed by atoms with Crippen LogP contribution in [0.3, 0.4) is 0 Å². The van der Waals surface area contributed by atoms with E-state index in [1.165, 1.54) is 13.5 Å². The number of carbonyl (C=O) groups is 1. The van der Waals surface area contributed by atoms with E-state index in [0.717, 1.165) is 0 Å². The molecule has 5 nitrogen and oxygen atoms in total. The maximum atomic E-state index is 11.9. The van der Waals surface area contributed by atoms with Crippen molar-refractivity contribution < 1.29 is 13.9 Å². The minimum Gasteiger partial charge on any atom is -0.495 e. The number of ether oxygens (including phenoxy) is 1. The summed E-state index contributed by atoms with van der Waals surface area (Å²) in [5.41, 5.74) is 1.23. The Morgan fingerprint density at radius 1 is 1.53 bits per heavy atom. The van der Waals surface area contributed by atoms with Crippen LogP contribution in [0.5, 0.6) is 5.75 Å². The number of amides is 1. The molecule has 19 heavy (non-hydrogen) atoms. The molecule has 0 radical (unpaired) electrons. The molecule has 1 aromatic carbocycles. The van der Waals surface area contributed by atoms with E-state index in [2.05, 4.69) is 10.3 Å². The zero-order chi connectivity index (χ0) is 13.8. The number of aryl methyl sites for hydroxylation is 1. The van der Waals surface area contributed by atoms with Gasteiger partial charge in [-0.3, -0.25) is 4.79 Å². The Bertz CT molecular complexity index is 595. The maximum Gasteiger partial charge on any atom is 0.232 e. The van der Waals surface area contributed by atoms with Crippen LogP contribution >= 0.6 is 11.6 Å². The van der Waals surface area contributed by atoms with Gasteiger partial charge in [-0.05, 0) is 25.1 Å². The lowest BCUT2D eigenvalue weighted by Gasteiger charge is -2.10. The van der Waals surface area contributed by atoms with Crippen LogP contribution in [0.1, 0.15) is 11.5 Å². The highest BCUT2D eigenvalue weighted by molar-refractivity contribution is 6.31. The van der Waals surface area contributed by atoms with Gasteiger partial charge in [-0.25, -0.2) is 4.98 Å². The second-order valence-electron chi connectivity index (χ2n) is 3.93. The maximum absolute atomic E-state index is 11.9. The van der Waals surface area contributed by atoms with Crippen molar-refractivity contribution in [1.29, 1.82) is 0 Å². The van der Waals surface area contributed by atoms with Crippen molar-refractivity contribution in [2.45, 2.75) is 13.3 Å². The van der Waals surface area contributed by atoms with Gasteiger partial charge in [-0.2, -0.15) is 0 Å². The zero-order valence-electron chi connectivity index (χ0n) is 10.6. The molecule has 0 aliphatic rings. The Labute approximate surface area is 115 Å². The third-order valence-electron chi connectivity index (χ3n) is 2.60. The molecule has 2 aromatic rings. The molecule has 0 atom stereocenters. The van der Waals surface area contributed by atoms with Gasteiger partial charge < -0.3 is 14.5 Å². The number of carbonyl (C=O) groups excluding carboxylic acids is 1. The van der Waals surface area contributed by atoms with Crippen LogP contribution in [-0.2, 0) is 11.2 Å². The number of benzene rings is 1. The SMILES string of the molecule is COc1ccc(Cl)cc1NC(=O)Cc1ocnc1C. The summed E-state index contributed by atoms with van der Waals surface area (Å²) < 4.78 is 10.3. The average Bonchev–Trinajstić information content (AvgIpc) is 2.75. The van der Waals surface area contributed by atoms with E-state index < -0.39 is 0 Å². The van der Waals surface area contributed by atoms with E-state index in [4.69, 9.17) is 20.8 Å². The number of rotatable bonds is 4. The highest BCUT2D eigenvalue weighted by atomic mass is 35.5. The topological polar surface area (TPSA) is 64.4 Å². The largest absolute Gasteiger partial charge is 0.495 e. The molecular formula is C13H13ClN2O3. The van der Waals surface area contributed by atoms with Gasteiger partial charge in [0.05, 0.1) is 24.9 Å². The molecular weight excluding hydrogens is 268 g/mol. The summed E-state index contributed by atoms with van der Waals surface area (Å²) in [6, 6.07) is 5.01. The van der Waals surface area contributed by atoms with Gasteiger partial charge in [0.2, 0.25) is 5.91 Å². The summed E-state index contributed by atoms with van der Waals surface area (Å²) >= 11 is 5.89. The molecule has 1 amide bonds. The van der Waals surface area contributed by atoms with Gasteiger partial charge in [-0.15, -0.1) is 0 Å². The van der Waals surface area contributed by atoms with Gasteiger partial charge in [-0.1, -0.05) is 11.6 Å². The summed E-state index contributed by atoms with van der Waals surface area (Å²) in [5.74, 6) is 0.867. The third kappa shape index (κ3) is 3.26. The number of hydrogen-bond donors (Lipinski definition) is 1. The van der Waals surface area contributed by atoms with E-state index in [1.807, 2.05) is 0 Å². The number of nitrogens with zero attached hydrogens (tertiary/aromatic N) is 1. The van der Waals surface area contributed by atoms with Gasteiger partial charge in [0.15, 0.2) is 6.39 Å². The number of nitrogens with one attached hydrogen (secondary N) is 1. The highest BCUT2D eigenvalue weighted by Gasteiger charge is 2.12. The fourth-order valence-electron chi connectivity index (χ4n) is 1.61. The molecule has 0 unspecified atom stereocenters. The Morgan fingerprint density at radius 2 is 2.32 bits per heavy atom. The molecule has 2 rings (SSSR count). The third-order valence-corrected chi connectivity index (χ3v) is 2.84. The van der Waals surface area contributed by atoms with Crippen LogP contribution in [0.15, 0.2) is 29.0 Å². The highest BCUT2D eigenvalue weighted by Crippen LogP contribution is 2.27. The summed E-state index contributed by atoms with van der Waals surface area (Å²) in [6.07, 6.45) is 1.43. The molecule has 0 saturated carbocycles. The molecule has 1 heterocycles. The zero-order valence-corrected chi connectivity index (χ0v) is 11.3. The van der Waals surface area contributed by atoms with Crippen molar-refractivity contribution in [2.24, 2.45) is 0 Å². The van der Waals surface area contributed by atoms with Crippen molar-refractivity contribution in [1.82, 2.24) is 4.98 Å². The van der Waals surface area contributed by atoms with Crippen LogP contribution in [-0.4, -0.2) is 18.0 Å². The fourth-order valence-corrected chi connectivity index (χ4v) is 1.79. The lowest BCUT2D eigenvalue weighted by atomic mass is 10.2. The Balaban J connectivity index is 2.11. The van der Waals surface area contributed by atoms with Gasteiger partial charge in [0.25, 0.3) is 0 Å². The molecule has 0 spiro atoms. The van der Waals surface area contributed by atoms with Gasteiger partial charge in [0.1, 0.15) is 11.5 Å². The number of hydrogen-bond acceptors (Lipinski definition) is 4. The number of halogens is 1. The minimum atomic E-state index is -0.222. The molecule has 1 aromatic heterocycles. The van der Waals surface area contributed by atoms with E-state index in [-0.39, 0.29) is 12.3 Å². The van der Waals surface area contributed by atoms with Gasteiger partial charge in [0, 0.05) is 5.02 Å². The number of methoxy groups -OCH3 is 1. The van der Waals surface area contributed by atoms with Gasteiger partial charge >= 0.3 is 0 Å². The summed E-state index contributed by atoms with van der Waals surface area (Å²) in [6.45, 7) is 1.78. The summed E-state index contributed by atoms with van der Waals surface area (Å²) in [4.78, 5) is 15.8. The fraction of sp³-hybridized carbons (Fsp3) is 0.231. The number of anilines is 1. The second-order valence-corrected chi connectivity index (χ2v) is 4.37. The van der Waals surface area contributed by atoms with E-state index in [0.29, 0.717) is 27.9 Å². The molecule has 100 valence electrons. The lowest BCUT2D eigenvalue weighted by Crippen LogP contribution is -2.15. The molecule has 0 saturated heterocycles. The van der Waals surface area contributed by atoms with Crippen LogP contribution in [0, 0.1) is 6.92 Å². The Morgan fingerprint density at radius 3 is 2.95 bits per heavy atom. The first-order chi connectivity index (χ1) is 9.10. The van der Waals surface area contributed by atoms with Crippen molar-refractivity contribution >= 4 is 23.2 Å². The molecule has 0 bridgehead atoms. The van der Waals surface area contributed by atoms with Crippen LogP contribution in [0.25, 0.3) is 0 Å². The Hall–Kier alpha value is -2.01. The van der Waals surface area contributed by atoms with E-state index in [1.54, 1.807) is 25.1 Å². The van der Waals surface area contributed by atoms with E-state index in [9.17, 15) is 4.79 Å². The first-order valence-electron chi connectivity index (χ1n) is 5.62. The summed E-state index contributed by atoms with van der Waals surface area (Å²) in [5, 5.41) is 3.25. The van der Waals surface area contributed by atoms with Crippen LogP contribution in [0.4, 0.5) is 5.69 Å². The first kappa shape index (κ1) is 13.4. The molecule has 0 aliphatic carbocycles. The molecule has 0 aliphatic heterocycles. The van der Waals surface area contributed by atoms with Crippen molar-refractivity contribution in [2.75, 3.05) is 12.4 Å². The predicted octanol–water partition coefficient (Wildman–Crippen LogP) is 2.83. The standard InChI is InChI=1S/C13H13ClN2O3/c1-8-12(19-7-15-8)6-13(17)16-10-5-9(14)3-4-11(10)18-2/h3-5,7H,6H2,1-2H3,(H,16,17). The average molecular weight is 281 g/mol. The molecule has 6 heteroatoms. The normalized spacial score (nSPS) is 10.3. The van der Waals surface area contributed by atoms with Crippen LogP contribution in [0.2, 0.25) is 5.02 Å². The smallest absolute Gasteiger partial charge is 0.232 e. The number of oxazole rings is 1. The van der Waals surface area contributed by atoms with Crippen molar-refractivity contribution in [3.8, 4) is 5.75 Å². The predicted molar refractivity (Wildman–Crippen MR) is 71.6 cm³/mol. The Kier molecular flexibility index (Phi) is 4.06. The van der Waals surface area contributed by atoms with Crippen molar-refractivity contribution in [3.63, 3.8) is 0 Å². The minimum absolute atomic E-state index is 0.113. The number of aromatic nitrogens is 1. The lowest BCUT2D eigenvalue weighted by molar-refractivity contribution is -0.115. The molecule has 0 fully saturated rings. The van der Waals surface area contributed by atoms with Crippen molar-refractivity contribution in [3.05, 3.63) is 41.1 Å². The quantitative estimate of drug-likeness (QED) is 0.935. The van der Waals surface area contributed by atoms with E-state index >= 15 is 0 Å². The monoisotopic (exact) mass is 280 g/mol. The molecule has 1 N–H and O–H groups in total. The summed E-state index contributed by atoms with van der Waals surface area (Å²) in [7, 11) is 1.53. The second kappa shape index (κ2) is 5.75.